The number of carbonyl (C=O) groups is 1. The zero-order chi connectivity index (χ0) is 17.1. The van der Waals surface area contributed by atoms with Gasteiger partial charge < -0.3 is 10.1 Å². The fourth-order valence-corrected chi connectivity index (χ4v) is 2.98. The molecule has 0 radical (unpaired) electrons. The number of alkyl halides is 3. The number of hydrogen-bond acceptors (Lipinski definition) is 2. The molecule has 0 bridgehead atoms. The van der Waals surface area contributed by atoms with Crippen LogP contribution in [0.2, 0.25) is 0 Å². The number of nitrogens with one attached hydrogen (secondary N) is 1. The third-order valence-electron chi connectivity index (χ3n) is 4.20. The van der Waals surface area contributed by atoms with Crippen LogP contribution in [0.5, 0.6) is 0 Å². The molecule has 1 atom stereocenters. The van der Waals surface area contributed by atoms with E-state index < -0.39 is 12.8 Å². The van der Waals surface area contributed by atoms with E-state index in [1.807, 2.05) is 18.2 Å². The van der Waals surface area contributed by atoms with Crippen molar-refractivity contribution in [2.45, 2.75) is 50.7 Å². The Kier molecular flexibility index (Phi) is 5.34. The van der Waals surface area contributed by atoms with E-state index in [9.17, 15) is 18.0 Å². The third-order valence-corrected chi connectivity index (χ3v) is 4.20. The van der Waals surface area contributed by atoms with Crippen molar-refractivity contribution in [3.63, 3.8) is 0 Å². The van der Waals surface area contributed by atoms with Crippen LogP contribution in [0.25, 0.3) is 0 Å². The fourth-order valence-electron chi connectivity index (χ4n) is 2.98. The van der Waals surface area contributed by atoms with E-state index in [0.29, 0.717) is 0 Å². The molecule has 1 unspecified atom stereocenters. The quantitative estimate of drug-likeness (QED) is 0.833. The number of hydrogen-bond donors (Lipinski definition) is 1. The first-order valence-corrected chi connectivity index (χ1v) is 7.72. The number of amides is 1. The Hall–Kier alpha value is -1.56. The largest absolute Gasteiger partial charge is 0.411 e. The highest BCUT2D eigenvalue weighted by Crippen LogP contribution is 2.41. The molecule has 1 aromatic rings. The lowest BCUT2D eigenvalue weighted by Crippen LogP contribution is -2.36. The summed E-state index contributed by atoms with van der Waals surface area (Å²) >= 11 is 0. The van der Waals surface area contributed by atoms with Gasteiger partial charge >= 0.3 is 6.18 Å². The van der Waals surface area contributed by atoms with Gasteiger partial charge in [0.25, 0.3) is 0 Å². The Morgan fingerprint density at radius 2 is 2.04 bits per heavy atom. The Balaban J connectivity index is 1.90. The van der Waals surface area contributed by atoms with E-state index in [4.69, 9.17) is 0 Å². The number of rotatable bonds is 5. The van der Waals surface area contributed by atoms with Crippen LogP contribution in [0.15, 0.2) is 24.3 Å². The Bertz CT molecular complexity index is 555. The number of ether oxygens (including phenoxy) is 1. The van der Waals surface area contributed by atoms with Gasteiger partial charge in [0.05, 0.1) is 12.6 Å². The summed E-state index contributed by atoms with van der Waals surface area (Å²) in [6, 6.07) is 7.90. The minimum Gasteiger partial charge on any atom is -0.372 e. The second-order valence-corrected chi connectivity index (χ2v) is 6.55. The third kappa shape index (κ3) is 4.96. The van der Waals surface area contributed by atoms with Gasteiger partial charge in [-0.25, -0.2) is 0 Å². The van der Waals surface area contributed by atoms with Crippen molar-refractivity contribution < 1.29 is 22.7 Å². The lowest BCUT2D eigenvalue weighted by atomic mass is 9.71. The summed E-state index contributed by atoms with van der Waals surface area (Å²) in [5, 5.41) is 2.91. The topological polar surface area (TPSA) is 38.3 Å². The maximum Gasteiger partial charge on any atom is 0.411 e. The molecule has 1 aliphatic rings. The summed E-state index contributed by atoms with van der Waals surface area (Å²) in [5.74, 6) is -0.285. The first-order chi connectivity index (χ1) is 10.7. The van der Waals surface area contributed by atoms with Crippen LogP contribution < -0.4 is 5.32 Å². The number of halogens is 3. The van der Waals surface area contributed by atoms with E-state index in [0.717, 1.165) is 18.4 Å². The van der Waals surface area contributed by atoms with Crippen LogP contribution in [0.4, 0.5) is 13.2 Å². The summed E-state index contributed by atoms with van der Waals surface area (Å²) in [5.41, 5.74) is 2.37. The van der Waals surface area contributed by atoms with Crippen molar-refractivity contribution >= 4 is 5.91 Å². The minimum atomic E-state index is -4.36. The van der Waals surface area contributed by atoms with E-state index >= 15 is 0 Å². The van der Waals surface area contributed by atoms with Gasteiger partial charge in [-0.05, 0) is 29.4 Å². The Morgan fingerprint density at radius 3 is 2.74 bits per heavy atom. The molecule has 1 aromatic carbocycles. The molecule has 1 amide bonds. The Morgan fingerprint density at radius 1 is 1.35 bits per heavy atom. The molecule has 6 heteroatoms. The second-order valence-electron chi connectivity index (χ2n) is 6.55. The van der Waals surface area contributed by atoms with Crippen LogP contribution in [0, 0.1) is 0 Å². The lowest BCUT2D eigenvalue weighted by molar-refractivity contribution is -0.174. The molecular weight excluding hydrogens is 307 g/mol. The van der Waals surface area contributed by atoms with Gasteiger partial charge in [0.15, 0.2) is 0 Å². The molecule has 2 rings (SSSR count). The summed E-state index contributed by atoms with van der Waals surface area (Å²) in [4.78, 5) is 11.9. The molecule has 3 nitrogen and oxygen atoms in total. The first-order valence-electron chi connectivity index (χ1n) is 7.72. The monoisotopic (exact) mass is 329 g/mol. The molecule has 0 saturated carbocycles. The highest BCUT2D eigenvalue weighted by molar-refractivity contribution is 5.76. The van der Waals surface area contributed by atoms with Gasteiger partial charge in [0.2, 0.25) is 5.91 Å². The second kappa shape index (κ2) is 6.91. The predicted octanol–water partition coefficient (Wildman–Crippen LogP) is 3.88. The zero-order valence-electron chi connectivity index (χ0n) is 13.4. The van der Waals surface area contributed by atoms with Crippen LogP contribution in [-0.4, -0.2) is 25.3 Å². The SMILES string of the molecule is CC1(C)CCC(NC(=O)CCOCC(F)(F)F)c2ccccc21. The van der Waals surface area contributed by atoms with Crippen LogP contribution in [0.3, 0.4) is 0 Å². The number of benzene rings is 1. The minimum absolute atomic E-state index is 0.0631. The molecule has 0 aromatic heterocycles. The number of fused-ring (bicyclic) bond motifs is 1. The Labute approximate surface area is 134 Å². The molecule has 0 aliphatic heterocycles. The zero-order valence-corrected chi connectivity index (χ0v) is 13.4. The average Bonchev–Trinajstić information content (AvgIpc) is 2.46. The number of carbonyl (C=O) groups excluding carboxylic acids is 1. The van der Waals surface area contributed by atoms with Gasteiger partial charge in [0.1, 0.15) is 6.61 Å². The maximum absolute atomic E-state index is 12.0. The van der Waals surface area contributed by atoms with Gasteiger partial charge in [0, 0.05) is 6.42 Å². The highest BCUT2D eigenvalue weighted by Gasteiger charge is 2.33. The molecule has 0 heterocycles. The predicted molar refractivity (Wildman–Crippen MR) is 81.1 cm³/mol. The summed E-state index contributed by atoms with van der Waals surface area (Å²) in [6.45, 7) is 2.80. The molecule has 1 aliphatic carbocycles. The standard InChI is InChI=1S/C17H22F3NO2/c1-16(2)9-7-14(12-5-3-4-6-13(12)16)21-15(22)8-10-23-11-17(18,19)20/h3-6,14H,7-11H2,1-2H3,(H,21,22). The average molecular weight is 329 g/mol. The molecule has 1 N–H and O–H groups in total. The molecule has 0 spiro atoms. The van der Waals surface area contributed by atoms with Crippen LogP contribution in [0.1, 0.15) is 50.3 Å². The smallest absolute Gasteiger partial charge is 0.372 e. The first kappa shape index (κ1) is 17.8. The van der Waals surface area contributed by atoms with Crippen molar-refractivity contribution in [1.29, 1.82) is 0 Å². The molecule has 23 heavy (non-hydrogen) atoms. The fraction of sp³-hybridized carbons (Fsp3) is 0.588. The summed E-state index contributed by atoms with van der Waals surface area (Å²) < 4.78 is 40.4. The molecule has 0 fully saturated rings. The lowest BCUT2D eigenvalue weighted by Gasteiger charge is -2.37. The van der Waals surface area contributed by atoms with Gasteiger partial charge in [-0.15, -0.1) is 0 Å². The van der Waals surface area contributed by atoms with E-state index in [-0.39, 0.29) is 30.4 Å². The van der Waals surface area contributed by atoms with Gasteiger partial charge in [-0.1, -0.05) is 38.1 Å². The van der Waals surface area contributed by atoms with Crippen molar-refractivity contribution in [2.24, 2.45) is 0 Å². The van der Waals surface area contributed by atoms with Crippen molar-refractivity contribution in [3.8, 4) is 0 Å². The maximum atomic E-state index is 12.0. The van der Waals surface area contributed by atoms with Crippen molar-refractivity contribution in [2.75, 3.05) is 13.2 Å². The van der Waals surface area contributed by atoms with Gasteiger partial charge in [-0.3, -0.25) is 4.79 Å². The van der Waals surface area contributed by atoms with Crippen molar-refractivity contribution in [1.82, 2.24) is 5.32 Å². The summed E-state index contributed by atoms with van der Waals surface area (Å²) in [6.07, 6.45) is -2.67. The van der Waals surface area contributed by atoms with E-state index in [1.54, 1.807) is 0 Å². The molecule has 0 saturated heterocycles. The van der Waals surface area contributed by atoms with Crippen molar-refractivity contribution in [3.05, 3.63) is 35.4 Å². The highest BCUT2D eigenvalue weighted by atomic mass is 19.4. The summed E-state index contributed by atoms with van der Waals surface area (Å²) in [7, 11) is 0. The molecule has 128 valence electrons. The van der Waals surface area contributed by atoms with Crippen LogP contribution in [-0.2, 0) is 14.9 Å². The van der Waals surface area contributed by atoms with Crippen LogP contribution >= 0.6 is 0 Å². The van der Waals surface area contributed by atoms with Gasteiger partial charge in [-0.2, -0.15) is 13.2 Å². The van der Waals surface area contributed by atoms with E-state index in [2.05, 4.69) is 30.0 Å². The normalized spacial score (nSPS) is 20.0. The molecular formula is C17H22F3NO2. The van der Waals surface area contributed by atoms with E-state index in [1.165, 1.54) is 5.56 Å².